The first-order valence-corrected chi connectivity index (χ1v) is 4.65. The van der Waals surface area contributed by atoms with E-state index >= 15 is 0 Å². The van der Waals surface area contributed by atoms with Crippen molar-refractivity contribution in [1.29, 1.82) is 0 Å². The first-order chi connectivity index (χ1) is 6.13. The van der Waals surface area contributed by atoms with Crippen molar-refractivity contribution in [1.82, 2.24) is 9.88 Å². The predicted octanol–water partition coefficient (Wildman–Crippen LogP) is 1.83. The second kappa shape index (κ2) is 4.34. The van der Waals surface area contributed by atoms with Crippen LogP contribution in [0.25, 0.3) is 0 Å². The second-order valence-corrected chi connectivity index (χ2v) is 3.84. The number of halogens is 1. The van der Waals surface area contributed by atoms with E-state index in [1.165, 1.54) is 11.3 Å². The van der Waals surface area contributed by atoms with Gasteiger partial charge in [0.05, 0.1) is 6.34 Å². The minimum atomic E-state index is 0.214. The summed E-state index contributed by atoms with van der Waals surface area (Å²) in [6.45, 7) is 0. The van der Waals surface area contributed by atoms with Crippen molar-refractivity contribution in [3.05, 3.63) is 10.0 Å². The van der Waals surface area contributed by atoms with Crippen molar-refractivity contribution in [2.24, 2.45) is 4.99 Å². The molecule has 0 N–H and O–H groups in total. The highest BCUT2D eigenvalue weighted by Crippen LogP contribution is 2.26. The number of aldehydes is 1. The van der Waals surface area contributed by atoms with Gasteiger partial charge in [0, 0.05) is 14.1 Å². The molecule has 0 fully saturated rings. The molecule has 1 heterocycles. The van der Waals surface area contributed by atoms with Crippen LogP contribution in [-0.4, -0.2) is 36.6 Å². The van der Waals surface area contributed by atoms with Gasteiger partial charge in [-0.15, -0.1) is 0 Å². The van der Waals surface area contributed by atoms with Gasteiger partial charge in [-0.1, -0.05) is 22.9 Å². The molecular formula is C7H8ClN3OS. The Morgan fingerprint density at radius 1 is 1.62 bits per heavy atom. The summed E-state index contributed by atoms with van der Waals surface area (Å²) in [7, 11) is 3.69. The van der Waals surface area contributed by atoms with Gasteiger partial charge < -0.3 is 4.90 Å². The van der Waals surface area contributed by atoms with Crippen LogP contribution in [0.3, 0.4) is 0 Å². The third-order valence-electron chi connectivity index (χ3n) is 1.10. The fraction of sp³-hybridized carbons (Fsp3) is 0.286. The van der Waals surface area contributed by atoms with Gasteiger partial charge in [0.15, 0.2) is 11.4 Å². The van der Waals surface area contributed by atoms with E-state index in [1.807, 2.05) is 14.1 Å². The number of rotatable bonds is 3. The van der Waals surface area contributed by atoms with Crippen molar-refractivity contribution in [2.75, 3.05) is 14.1 Å². The molecule has 1 rings (SSSR count). The number of hydrogen-bond acceptors (Lipinski definition) is 4. The maximum absolute atomic E-state index is 10.4. The standard InChI is InChI=1S/C7H8ClN3OS/c1-11(2)4-9-7-10-6(8)5(3-12)13-7/h3-4H,1-2H3/b9-4+. The van der Waals surface area contributed by atoms with Crippen LogP contribution in [0.1, 0.15) is 9.67 Å². The molecule has 13 heavy (non-hydrogen) atoms. The zero-order valence-corrected chi connectivity index (χ0v) is 8.76. The molecule has 6 heteroatoms. The summed E-state index contributed by atoms with van der Waals surface area (Å²) in [5.41, 5.74) is 0. The monoisotopic (exact) mass is 217 g/mol. The molecule has 70 valence electrons. The summed E-state index contributed by atoms with van der Waals surface area (Å²) in [5.74, 6) is 0. The Morgan fingerprint density at radius 2 is 2.31 bits per heavy atom. The van der Waals surface area contributed by atoms with Crippen LogP contribution in [0.4, 0.5) is 5.13 Å². The first kappa shape index (κ1) is 10.1. The van der Waals surface area contributed by atoms with Crippen molar-refractivity contribution >= 4 is 40.7 Å². The van der Waals surface area contributed by atoms with Crippen molar-refractivity contribution in [2.45, 2.75) is 0 Å². The number of aromatic nitrogens is 1. The van der Waals surface area contributed by atoms with Crippen LogP contribution in [0.15, 0.2) is 4.99 Å². The van der Waals surface area contributed by atoms with Gasteiger partial charge in [0.1, 0.15) is 4.88 Å². The summed E-state index contributed by atoms with van der Waals surface area (Å²) in [6, 6.07) is 0. The average molecular weight is 218 g/mol. The van der Waals surface area contributed by atoms with Gasteiger partial charge in [0.25, 0.3) is 0 Å². The van der Waals surface area contributed by atoms with Crippen molar-refractivity contribution < 1.29 is 4.79 Å². The minimum Gasteiger partial charge on any atom is -0.369 e. The lowest BCUT2D eigenvalue weighted by Crippen LogP contribution is -2.06. The first-order valence-electron chi connectivity index (χ1n) is 3.45. The molecule has 0 saturated heterocycles. The van der Waals surface area contributed by atoms with E-state index in [4.69, 9.17) is 11.6 Å². The second-order valence-electron chi connectivity index (χ2n) is 2.48. The van der Waals surface area contributed by atoms with Gasteiger partial charge >= 0.3 is 0 Å². The maximum Gasteiger partial charge on any atom is 0.212 e. The van der Waals surface area contributed by atoms with Crippen LogP contribution in [-0.2, 0) is 0 Å². The van der Waals surface area contributed by atoms with E-state index in [0.29, 0.717) is 16.3 Å². The normalized spacial score (nSPS) is 10.7. The third-order valence-corrected chi connectivity index (χ3v) is 2.39. The molecule has 0 aliphatic rings. The van der Waals surface area contributed by atoms with Crippen molar-refractivity contribution in [3.63, 3.8) is 0 Å². The lowest BCUT2D eigenvalue weighted by atomic mass is 10.6. The Hall–Kier alpha value is -0.940. The Bertz CT molecular complexity index is 334. The fourth-order valence-corrected chi connectivity index (χ4v) is 1.50. The molecule has 0 unspecified atom stereocenters. The van der Waals surface area contributed by atoms with E-state index in [0.717, 1.165) is 0 Å². The maximum atomic E-state index is 10.4. The quantitative estimate of drug-likeness (QED) is 0.441. The van der Waals surface area contributed by atoms with Crippen LogP contribution in [0.2, 0.25) is 5.15 Å². The van der Waals surface area contributed by atoms with Gasteiger partial charge in [0.2, 0.25) is 5.13 Å². The summed E-state index contributed by atoms with van der Waals surface area (Å²) in [5, 5.41) is 0.701. The van der Waals surface area contributed by atoms with Gasteiger partial charge in [-0.2, -0.15) is 0 Å². The number of hydrogen-bond donors (Lipinski definition) is 0. The van der Waals surface area contributed by atoms with Crippen LogP contribution >= 0.6 is 22.9 Å². The molecule has 0 bridgehead atoms. The summed E-state index contributed by atoms with van der Waals surface area (Å²) in [4.78, 5) is 20.5. The largest absolute Gasteiger partial charge is 0.369 e. The van der Waals surface area contributed by atoms with E-state index in [2.05, 4.69) is 9.98 Å². The number of carbonyl (C=O) groups is 1. The Balaban J connectivity index is 2.85. The molecule has 1 aromatic heterocycles. The molecule has 4 nitrogen and oxygen atoms in total. The third kappa shape index (κ3) is 2.78. The fourth-order valence-electron chi connectivity index (χ4n) is 0.595. The minimum absolute atomic E-state index is 0.214. The highest BCUT2D eigenvalue weighted by atomic mass is 35.5. The Morgan fingerprint density at radius 3 is 2.77 bits per heavy atom. The highest BCUT2D eigenvalue weighted by molar-refractivity contribution is 7.17. The summed E-state index contributed by atoms with van der Waals surface area (Å²) >= 11 is 6.81. The van der Waals surface area contributed by atoms with Gasteiger partial charge in [-0.3, -0.25) is 4.79 Å². The average Bonchev–Trinajstić information content (AvgIpc) is 2.43. The highest BCUT2D eigenvalue weighted by Gasteiger charge is 2.06. The molecule has 0 spiro atoms. The van der Waals surface area contributed by atoms with Crippen molar-refractivity contribution in [3.8, 4) is 0 Å². The molecule has 0 amide bonds. The van der Waals surface area contributed by atoms with E-state index < -0.39 is 0 Å². The molecular weight excluding hydrogens is 210 g/mol. The SMILES string of the molecule is CN(C)/C=N/c1nc(Cl)c(C=O)s1. The summed E-state index contributed by atoms with van der Waals surface area (Å²) < 4.78 is 0. The van der Waals surface area contributed by atoms with E-state index in [-0.39, 0.29) is 5.15 Å². The lowest BCUT2D eigenvalue weighted by molar-refractivity contribution is 0.112. The smallest absolute Gasteiger partial charge is 0.212 e. The summed E-state index contributed by atoms with van der Waals surface area (Å²) in [6.07, 6.45) is 2.28. The zero-order chi connectivity index (χ0) is 9.84. The number of nitrogens with zero attached hydrogens (tertiary/aromatic N) is 3. The molecule has 0 saturated carbocycles. The predicted molar refractivity (Wildman–Crippen MR) is 54.4 cm³/mol. The van der Waals surface area contributed by atoms with Gasteiger partial charge in [-0.05, 0) is 0 Å². The number of aliphatic imine (C=N–C) groups is 1. The molecule has 0 aromatic carbocycles. The van der Waals surface area contributed by atoms with Crippen LogP contribution < -0.4 is 0 Å². The molecule has 0 atom stereocenters. The van der Waals surface area contributed by atoms with E-state index in [9.17, 15) is 4.79 Å². The zero-order valence-electron chi connectivity index (χ0n) is 7.19. The lowest BCUT2D eigenvalue weighted by Gasteiger charge is -1.99. The van der Waals surface area contributed by atoms with Gasteiger partial charge in [-0.25, -0.2) is 9.98 Å². The molecule has 1 aromatic rings. The molecule has 0 aliphatic carbocycles. The van der Waals surface area contributed by atoms with E-state index in [1.54, 1.807) is 11.2 Å². The molecule has 0 radical (unpaired) electrons. The topological polar surface area (TPSA) is 45.6 Å². The van der Waals surface area contributed by atoms with Crippen LogP contribution in [0.5, 0.6) is 0 Å². The Kier molecular flexibility index (Phi) is 3.39. The number of carbonyl (C=O) groups excluding carboxylic acids is 1. The number of thiazole rings is 1. The van der Waals surface area contributed by atoms with Crippen LogP contribution in [0, 0.1) is 0 Å². The molecule has 0 aliphatic heterocycles. The Labute approximate surface area is 84.9 Å².